The van der Waals surface area contributed by atoms with Crippen molar-refractivity contribution in [2.75, 3.05) is 14.2 Å². The highest BCUT2D eigenvalue weighted by Crippen LogP contribution is 2.26. The number of nitrogens with one attached hydrogen (secondary N) is 1. The summed E-state index contributed by atoms with van der Waals surface area (Å²) in [5.74, 6) is 0.783. The Kier molecular flexibility index (Phi) is 4.66. The molecule has 0 aliphatic carbocycles. The van der Waals surface area contributed by atoms with Gasteiger partial charge in [-0.1, -0.05) is 12.1 Å². The number of carbonyl (C=O) groups excluding carboxylic acids is 1. The first-order valence-corrected chi connectivity index (χ1v) is 6.42. The second kappa shape index (κ2) is 6.65. The van der Waals surface area contributed by atoms with Crippen LogP contribution in [0.4, 0.5) is 0 Å². The van der Waals surface area contributed by atoms with Crippen molar-refractivity contribution in [3.8, 4) is 17.2 Å². The van der Waals surface area contributed by atoms with Crippen LogP contribution in [0.25, 0.3) is 0 Å². The van der Waals surface area contributed by atoms with Crippen LogP contribution in [0.15, 0.2) is 42.5 Å². The van der Waals surface area contributed by atoms with Crippen molar-refractivity contribution in [2.24, 2.45) is 0 Å². The van der Waals surface area contributed by atoms with Crippen molar-refractivity contribution in [3.63, 3.8) is 0 Å². The predicted octanol–water partition coefficient (Wildman–Crippen LogP) is 2.34. The Balaban J connectivity index is 1.99. The SMILES string of the molecule is COc1ccc(CNC(=O)c2ccc(OC)c(O)c2)cc1. The van der Waals surface area contributed by atoms with Crippen LogP contribution in [0, 0.1) is 0 Å². The standard InChI is InChI=1S/C16H17NO4/c1-20-13-6-3-11(4-7-13)10-17-16(19)12-5-8-15(21-2)14(18)9-12/h3-9,18H,10H2,1-2H3,(H,17,19). The Morgan fingerprint density at radius 2 is 1.81 bits per heavy atom. The molecule has 21 heavy (non-hydrogen) atoms. The Morgan fingerprint density at radius 1 is 1.10 bits per heavy atom. The first-order valence-electron chi connectivity index (χ1n) is 6.42. The number of amides is 1. The summed E-state index contributed by atoms with van der Waals surface area (Å²) >= 11 is 0. The zero-order chi connectivity index (χ0) is 15.2. The van der Waals surface area contributed by atoms with E-state index in [-0.39, 0.29) is 11.7 Å². The summed E-state index contributed by atoms with van der Waals surface area (Å²) in [6.45, 7) is 0.398. The van der Waals surface area contributed by atoms with E-state index in [9.17, 15) is 9.90 Å². The van der Waals surface area contributed by atoms with E-state index in [0.29, 0.717) is 17.9 Å². The highest BCUT2D eigenvalue weighted by Gasteiger charge is 2.09. The van der Waals surface area contributed by atoms with Crippen molar-refractivity contribution in [1.29, 1.82) is 0 Å². The van der Waals surface area contributed by atoms with Gasteiger partial charge in [0.05, 0.1) is 14.2 Å². The van der Waals surface area contributed by atoms with Gasteiger partial charge in [-0.05, 0) is 35.9 Å². The van der Waals surface area contributed by atoms with Crippen LogP contribution in [0.1, 0.15) is 15.9 Å². The molecule has 2 aromatic carbocycles. The molecule has 0 saturated heterocycles. The minimum atomic E-state index is -0.260. The molecule has 0 heterocycles. The maximum atomic E-state index is 12.0. The third kappa shape index (κ3) is 3.66. The van der Waals surface area contributed by atoms with E-state index >= 15 is 0 Å². The number of hydrogen-bond acceptors (Lipinski definition) is 4. The van der Waals surface area contributed by atoms with Crippen LogP contribution in [-0.4, -0.2) is 25.2 Å². The van der Waals surface area contributed by atoms with Gasteiger partial charge in [0.2, 0.25) is 0 Å². The van der Waals surface area contributed by atoms with Crippen LogP contribution in [-0.2, 0) is 6.54 Å². The van der Waals surface area contributed by atoms with Gasteiger partial charge in [0.25, 0.3) is 5.91 Å². The van der Waals surface area contributed by atoms with E-state index in [4.69, 9.17) is 9.47 Å². The molecular formula is C16H17NO4. The molecule has 110 valence electrons. The van der Waals surface area contributed by atoms with Gasteiger partial charge >= 0.3 is 0 Å². The highest BCUT2D eigenvalue weighted by molar-refractivity contribution is 5.94. The molecule has 2 aromatic rings. The van der Waals surface area contributed by atoms with Crippen molar-refractivity contribution < 1.29 is 19.4 Å². The molecule has 0 aliphatic rings. The quantitative estimate of drug-likeness (QED) is 0.885. The van der Waals surface area contributed by atoms with Gasteiger partial charge in [-0.3, -0.25) is 4.79 Å². The number of aromatic hydroxyl groups is 1. The summed E-state index contributed by atoms with van der Waals surface area (Å²) in [5.41, 5.74) is 1.34. The summed E-state index contributed by atoms with van der Waals surface area (Å²) < 4.78 is 10.0. The molecule has 1 amide bonds. The van der Waals surface area contributed by atoms with Gasteiger partial charge in [0, 0.05) is 12.1 Å². The van der Waals surface area contributed by atoms with Gasteiger partial charge in [0.1, 0.15) is 5.75 Å². The lowest BCUT2D eigenvalue weighted by Gasteiger charge is -2.08. The second-order valence-corrected chi connectivity index (χ2v) is 4.42. The summed E-state index contributed by atoms with van der Waals surface area (Å²) in [5, 5.41) is 12.5. The number of carbonyl (C=O) groups is 1. The van der Waals surface area contributed by atoms with Crippen LogP contribution in [0.3, 0.4) is 0 Å². The topological polar surface area (TPSA) is 67.8 Å². The third-order valence-corrected chi connectivity index (χ3v) is 3.05. The minimum Gasteiger partial charge on any atom is -0.504 e. The molecule has 0 aliphatic heterocycles. The predicted molar refractivity (Wildman–Crippen MR) is 78.8 cm³/mol. The van der Waals surface area contributed by atoms with Crippen molar-refractivity contribution >= 4 is 5.91 Å². The zero-order valence-corrected chi connectivity index (χ0v) is 11.9. The summed E-state index contributed by atoms with van der Waals surface area (Å²) in [6.07, 6.45) is 0. The first kappa shape index (κ1) is 14.7. The van der Waals surface area contributed by atoms with Crippen molar-refractivity contribution in [1.82, 2.24) is 5.32 Å². The van der Waals surface area contributed by atoms with E-state index in [1.165, 1.54) is 13.2 Å². The van der Waals surface area contributed by atoms with Crippen LogP contribution < -0.4 is 14.8 Å². The van der Waals surface area contributed by atoms with Gasteiger partial charge < -0.3 is 19.9 Å². The number of phenols is 1. The Morgan fingerprint density at radius 3 is 2.38 bits per heavy atom. The van der Waals surface area contributed by atoms with Gasteiger partial charge in [0.15, 0.2) is 11.5 Å². The molecule has 0 unspecified atom stereocenters. The fourth-order valence-corrected chi connectivity index (χ4v) is 1.86. The van der Waals surface area contributed by atoms with E-state index in [1.807, 2.05) is 24.3 Å². The van der Waals surface area contributed by atoms with Gasteiger partial charge in [-0.15, -0.1) is 0 Å². The maximum Gasteiger partial charge on any atom is 0.251 e. The second-order valence-electron chi connectivity index (χ2n) is 4.42. The monoisotopic (exact) mass is 287 g/mol. The lowest BCUT2D eigenvalue weighted by molar-refractivity contribution is 0.0950. The van der Waals surface area contributed by atoms with Crippen LogP contribution in [0.2, 0.25) is 0 Å². The molecule has 0 atom stereocenters. The summed E-state index contributed by atoms with van der Waals surface area (Å²) in [7, 11) is 3.06. The lowest BCUT2D eigenvalue weighted by atomic mass is 10.1. The Labute approximate surface area is 123 Å². The average Bonchev–Trinajstić information content (AvgIpc) is 2.53. The molecule has 0 bridgehead atoms. The van der Waals surface area contributed by atoms with Gasteiger partial charge in [-0.2, -0.15) is 0 Å². The van der Waals surface area contributed by atoms with E-state index in [0.717, 1.165) is 11.3 Å². The molecular weight excluding hydrogens is 270 g/mol. The summed E-state index contributed by atoms with van der Waals surface area (Å²) in [4.78, 5) is 12.0. The number of hydrogen-bond donors (Lipinski definition) is 2. The summed E-state index contributed by atoms with van der Waals surface area (Å²) in [6, 6.07) is 12.0. The molecule has 5 heteroatoms. The first-order chi connectivity index (χ1) is 10.1. The number of phenolic OH excluding ortho intramolecular Hbond substituents is 1. The van der Waals surface area contributed by atoms with Gasteiger partial charge in [-0.25, -0.2) is 0 Å². The van der Waals surface area contributed by atoms with Crippen LogP contribution >= 0.6 is 0 Å². The number of rotatable bonds is 5. The molecule has 5 nitrogen and oxygen atoms in total. The third-order valence-electron chi connectivity index (χ3n) is 3.05. The number of benzene rings is 2. The molecule has 2 N–H and O–H groups in total. The molecule has 0 radical (unpaired) electrons. The van der Waals surface area contributed by atoms with E-state index in [1.54, 1.807) is 19.2 Å². The Bertz CT molecular complexity index is 623. The molecule has 0 saturated carbocycles. The zero-order valence-electron chi connectivity index (χ0n) is 11.9. The smallest absolute Gasteiger partial charge is 0.251 e. The fraction of sp³-hybridized carbons (Fsp3) is 0.188. The highest BCUT2D eigenvalue weighted by atomic mass is 16.5. The number of methoxy groups -OCH3 is 2. The Hall–Kier alpha value is -2.69. The number of ether oxygens (including phenoxy) is 2. The maximum absolute atomic E-state index is 12.0. The molecule has 0 spiro atoms. The fourth-order valence-electron chi connectivity index (χ4n) is 1.86. The largest absolute Gasteiger partial charge is 0.504 e. The lowest BCUT2D eigenvalue weighted by Crippen LogP contribution is -2.22. The average molecular weight is 287 g/mol. The van der Waals surface area contributed by atoms with Crippen molar-refractivity contribution in [2.45, 2.75) is 6.54 Å². The normalized spacial score (nSPS) is 10.0. The van der Waals surface area contributed by atoms with E-state index < -0.39 is 0 Å². The van der Waals surface area contributed by atoms with Crippen molar-refractivity contribution in [3.05, 3.63) is 53.6 Å². The molecule has 0 aromatic heterocycles. The minimum absolute atomic E-state index is 0.0606. The van der Waals surface area contributed by atoms with Crippen LogP contribution in [0.5, 0.6) is 17.2 Å². The van der Waals surface area contributed by atoms with E-state index in [2.05, 4.69) is 5.32 Å². The molecule has 0 fully saturated rings. The molecule has 2 rings (SSSR count).